The second-order valence-electron chi connectivity index (χ2n) is 8.61. The predicted octanol–water partition coefficient (Wildman–Crippen LogP) is 4.55. The van der Waals surface area contributed by atoms with Crippen molar-refractivity contribution in [2.45, 2.75) is 31.1 Å². The Morgan fingerprint density at radius 2 is 1.44 bits per heavy atom. The van der Waals surface area contributed by atoms with Crippen molar-refractivity contribution in [1.29, 1.82) is 0 Å². The number of carbonyl (C=O) groups is 2. The van der Waals surface area contributed by atoms with Crippen LogP contribution in [0.2, 0.25) is 0 Å². The summed E-state index contributed by atoms with van der Waals surface area (Å²) in [5.74, 6) is -3.52. The van der Waals surface area contributed by atoms with E-state index in [0.717, 1.165) is 22.3 Å². The van der Waals surface area contributed by atoms with Crippen molar-refractivity contribution in [1.82, 2.24) is 5.32 Å². The lowest BCUT2D eigenvalue weighted by atomic mass is 9.97. The molecule has 0 amide bonds. The molecule has 2 aliphatic rings. The molecule has 0 radical (unpaired) electrons. The molecule has 1 fully saturated rings. The molecule has 0 aromatic heterocycles. The number of hydrogen-bond donors (Lipinski definition) is 3. The molecule has 1 aliphatic carbocycles. The Kier molecular flexibility index (Phi) is 7.60. The Morgan fingerprint density at radius 3 is 1.91 bits per heavy atom. The highest BCUT2D eigenvalue weighted by atomic mass is 16.5. The van der Waals surface area contributed by atoms with E-state index in [2.05, 4.69) is 5.32 Å². The van der Waals surface area contributed by atoms with Gasteiger partial charge < -0.3 is 20.9 Å². The van der Waals surface area contributed by atoms with Gasteiger partial charge in [0.25, 0.3) is 0 Å². The number of carboxylic acid groups (broad SMARTS) is 1. The third-order valence-electron chi connectivity index (χ3n) is 6.31. The molecular weight excluding hydrogens is 428 g/mol. The molecule has 3 aromatic rings. The lowest BCUT2D eigenvalue weighted by Gasteiger charge is -2.17. The number of nitrogens with two attached hydrogens (primary N) is 1. The summed E-state index contributed by atoms with van der Waals surface area (Å²) in [5, 5.41) is 12.8. The van der Waals surface area contributed by atoms with Gasteiger partial charge in [0, 0.05) is 11.6 Å². The summed E-state index contributed by atoms with van der Waals surface area (Å²) in [5.41, 5.74) is 10.9. The van der Waals surface area contributed by atoms with Crippen LogP contribution >= 0.6 is 0 Å². The number of esters is 1. The summed E-state index contributed by atoms with van der Waals surface area (Å²) < 4.78 is 5.50. The Balaban J connectivity index is 0.000000398. The Hall–Kier alpha value is -3.64. The summed E-state index contributed by atoms with van der Waals surface area (Å²) in [4.78, 5) is 24.3. The highest BCUT2D eigenvalue weighted by Crippen LogP contribution is 2.44. The van der Waals surface area contributed by atoms with Crippen molar-refractivity contribution in [3.63, 3.8) is 0 Å². The van der Waals surface area contributed by atoms with Crippen molar-refractivity contribution < 1.29 is 19.4 Å². The van der Waals surface area contributed by atoms with Crippen LogP contribution in [0.3, 0.4) is 0 Å². The second kappa shape index (κ2) is 11.0. The van der Waals surface area contributed by atoms with Gasteiger partial charge in [0.05, 0.1) is 0 Å². The van der Waals surface area contributed by atoms with E-state index in [0.29, 0.717) is 11.3 Å². The molecule has 6 heteroatoms. The lowest BCUT2D eigenvalue weighted by Crippen LogP contribution is -2.25. The molecule has 0 bridgehead atoms. The number of rotatable bonds is 5. The first-order chi connectivity index (χ1) is 16.6. The Labute approximate surface area is 199 Å². The number of anilines is 1. The van der Waals surface area contributed by atoms with Gasteiger partial charge in [0.15, 0.2) is 5.92 Å². The molecule has 1 atom stereocenters. The quantitative estimate of drug-likeness (QED) is 0.295. The van der Waals surface area contributed by atoms with E-state index in [1.807, 2.05) is 48.5 Å². The van der Waals surface area contributed by atoms with E-state index in [9.17, 15) is 14.7 Å². The van der Waals surface area contributed by atoms with Gasteiger partial charge in [-0.2, -0.15) is 0 Å². The number of aliphatic carboxylic acids is 1. The van der Waals surface area contributed by atoms with Crippen LogP contribution in [0.15, 0.2) is 72.8 Å². The molecule has 176 valence electrons. The minimum atomic E-state index is -1.38. The normalized spacial score (nSPS) is 15.3. The fraction of sp³-hybridized carbons (Fsp3) is 0.286. The zero-order valence-electron chi connectivity index (χ0n) is 19.1. The van der Waals surface area contributed by atoms with Crippen LogP contribution in [0.5, 0.6) is 0 Å². The minimum Gasteiger partial charge on any atom is -0.480 e. The molecule has 1 aliphatic heterocycles. The molecule has 1 unspecified atom stereocenters. The molecular formula is C28H30N2O4. The van der Waals surface area contributed by atoms with Gasteiger partial charge in [-0.15, -0.1) is 0 Å². The molecule has 0 saturated carbocycles. The Bertz CT molecular complexity index is 1080. The maximum Gasteiger partial charge on any atom is 0.324 e. The molecule has 5 rings (SSSR count). The van der Waals surface area contributed by atoms with Crippen LogP contribution in [0.4, 0.5) is 5.69 Å². The van der Waals surface area contributed by atoms with Gasteiger partial charge in [-0.1, -0.05) is 67.1 Å². The smallest absolute Gasteiger partial charge is 0.324 e. The zero-order chi connectivity index (χ0) is 23.9. The van der Waals surface area contributed by atoms with Gasteiger partial charge in [-0.25, -0.2) is 0 Å². The summed E-state index contributed by atoms with van der Waals surface area (Å²) in [6.45, 7) is 2.59. The van der Waals surface area contributed by atoms with Crippen molar-refractivity contribution in [2.75, 3.05) is 25.4 Å². The summed E-state index contributed by atoms with van der Waals surface area (Å²) in [6, 6.07) is 22.2. The molecule has 6 nitrogen and oxygen atoms in total. The maximum atomic E-state index is 12.6. The summed E-state index contributed by atoms with van der Waals surface area (Å²) in [6.07, 6.45) is 4.22. The fourth-order valence-corrected chi connectivity index (χ4v) is 4.56. The first-order valence-electron chi connectivity index (χ1n) is 11.7. The fourth-order valence-electron chi connectivity index (χ4n) is 4.56. The molecule has 1 heterocycles. The van der Waals surface area contributed by atoms with Gasteiger partial charge in [0.2, 0.25) is 0 Å². The maximum absolute atomic E-state index is 12.6. The number of nitrogen functional groups attached to an aromatic ring is 1. The zero-order valence-corrected chi connectivity index (χ0v) is 19.1. The Morgan fingerprint density at radius 1 is 0.882 bits per heavy atom. The van der Waals surface area contributed by atoms with E-state index >= 15 is 0 Å². The number of piperidine rings is 1. The first kappa shape index (κ1) is 23.5. The van der Waals surface area contributed by atoms with E-state index < -0.39 is 17.9 Å². The third-order valence-corrected chi connectivity index (χ3v) is 6.31. The number of hydrogen-bond acceptors (Lipinski definition) is 5. The van der Waals surface area contributed by atoms with E-state index in [4.69, 9.17) is 10.5 Å². The van der Waals surface area contributed by atoms with Crippen molar-refractivity contribution in [3.8, 4) is 11.1 Å². The molecule has 34 heavy (non-hydrogen) atoms. The van der Waals surface area contributed by atoms with Gasteiger partial charge >= 0.3 is 11.9 Å². The van der Waals surface area contributed by atoms with Crippen LogP contribution in [0, 0.1) is 0 Å². The SMILES string of the molecule is C1CCNCC1.Nc1ccc(C(C(=O)O)C(=O)OCC2c3ccccc3-c3ccccc32)cc1. The van der Waals surface area contributed by atoms with Gasteiger partial charge in [0.1, 0.15) is 6.61 Å². The number of ether oxygens (including phenoxy) is 1. The number of nitrogens with one attached hydrogen (secondary N) is 1. The van der Waals surface area contributed by atoms with Gasteiger partial charge in [-0.05, 0) is 65.9 Å². The van der Waals surface area contributed by atoms with E-state index in [1.54, 1.807) is 12.1 Å². The van der Waals surface area contributed by atoms with Crippen molar-refractivity contribution >= 4 is 17.6 Å². The van der Waals surface area contributed by atoms with Crippen LogP contribution in [-0.2, 0) is 14.3 Å². The average Bonchev–Trinajstić information content (AvgIpc) is 3.19. The monoisotopic (exact) mass is 458 g/mol. The van der Waals surface area contributed by atoms with Crippen LogP contribution in [0.1, 0.15) is 47.8 Å². The van der Waals surface area contributed by atoms with Gasteiger partial charge in [-0.3, -0.25) is 9.59 Å². The largest absolute Gasteiger partial charge is 0.480 e. The lowest BCUT2D eigenvalue weighted by molar-refractivity contribution is -0.154. The van der Waals surface area contributed by atoms with E-state index in [-0.39, 0.29) is 12.5 Å². The minimum absolute atomic E-state index is 0.0889. The highest BCUT2D eigenvalue weighted by molar-refractivity contribution is 6.00. The average molecular weight is 459 g/mol. The molecule has 1 saturated heterocycles. The van der Waals surface area contributed by atoms with Crippen LogP contribution < -0.4 is 11.1 Å². The number of benzene rings is 3. The number of carboxylic acids is 1. The van der Waals surface area contributed by atoms with Crippen LogP contribution in [0.25, 0.3) is 11.1 Å². The molecule has 0 spiro atoms. The van der Waals surface area contributed by atoms with Crippen molar-refractivity contribution in [2.24, 2.45) is 0 Å². The summed E-state index contributed by atoms with van der Waals surface area (Å²) in [7, 11) is 0. The third kappa shape index (κ3) is 5.29. The molecule has 4 N–H and O–H groups in total. The topological polar surface area (TPSA) is 102 Å². The number of fused-ring (bicyclic) bond motifs is 3. The van der Waals surface area contributed by atoms with E-state index in [1.165, 1.54) is 44.5 Å². The first-order valence-corrected chi connectivity index (χ1v) is 11.7. The van der Waals surface area contributed by atoms with Crippen LogP contribution in [-0.4, -0.2) is 36.7 Å². The predicted molar refractivity (Wildman–Crippen MR) is 133 cm³/mol. The second-order valence-corrected chi connectivity index (χ2v) is 8.61. The molecule has 3 aromatic carbocycles. The highest BCUT2D eigenvalue weighted by Gasteiger charge is 2.33. The van der Waals surface area contributed by atoms with Crippen molar-refractivity contribution in [3.05, 3.63) is 89.5 Å². The number of carbonyl (C=O) groups excluding carboxylic acids is 1. The standard InChI is InChI=1S/C23H19NO4.C5H11N/c24-15-11-9-14(10-12-15)21(22(25)26)23(27)28-13-20-18-7-3-1-5-16(18)17-6-2-4-8-19(17)20;1-2-4-6-5-3-1/h1-12,20-21H,13,24H2,(H,25,26);6H,1-5H2. The summed E-state index contributed by atoms with van der Waals surface area (Å²) >= 11 is 0.